The first-order chi connectivity index (χ1) is 35.4. The summed E-state index contributed by atoms with van der Waals surface area (Å²) < 4.78 is 0. The third-order valence-corrected chi connectivity index (χ3v) is 18.0. The summed E-state index contributed by atoms with van der Waals surface area (Å²) >= 11 is 0. The van der Waals surface area contributed by atoms with Gasteiger partial charge in [0, 0.05) is 39.8 Å². The summed E-state index contributed by atoms with van der Waals surface area (Å²) in [6.07, 6.45) is 0. The fraction of sp³-hybridized carbons (Fsp3) is 0.239. The second-order valence-electron chi connectivity index (χ2n) is 21.6. The molecule has 0 N–H and O–H groups in total. The van der Waals surface area contributed by atoms with E-state index in [1.165, 1.54) is 134 Å². The number of benzene rings is 9. The van der Waals surface area contributed by atoms with Crippen molar-refractivity contribution in [1.82, 2.24) is 0 Å². The molecule has 0 bridgehead atoms. The average Bonchev–Trinajstić information content (AvgIpc) is 3.44. The molecule has 74 heavy (non-hydrogen) atoms. The lowest BCUT2D eigenvalue weighted by Gasteiger charge is -2.47. The van der Waals surface area contributed by atoms with Crippen molar-refractivity contribution < 1.29 is 0 Å². The Balaban J connectivity index is 1.34. The molecule has 0 spiro atoms. The van der Waals surface area contributed by atoms with Gasteiger partial charge in [-0.25, -0.2) is 0 Å². The molecule has 0 saturated carbocycles. The summed E-state index contributed by atoms with van der Waals surface area (Å²) in [5, 5.41) is 0. The predicted molar refractivity (Wildman–Crippen MR) is 318 cm³/mol. The van der Waals surface area contributed by atoms with E-state index in [2.05, 4.69) is 277 Å². The molecule has 0 fully saturated rings. The van der Waals surface area contributed by atoms with Crippen LogP contribution < -0.4 is 14.7 Å². The largest absolute Gasteiger partial charge is 0.310 e. The van der Waals surface area contributed by atoms with Gasteiger partial charge in [0.15, 0.2) is 0 Å². The molecular formula is C71H73N3. The van der Waals surface area contributed by atoms with Crippen LogP contribution in [0, 0.1) is 111 Å². The van der Waals surface area contributed by atoms with E-state index < -0.39 is 5.41 Å². The smallest absolute Gasteiger partial charge is 0.0743 e. The van der Waals surface area contributed by atoms with E-state index in [9.17, 15) is 0 Å². The molecule has 3 nitrogen and oxygen atoms in total. The number of nitrogens with zero attached hydrogens (tertiary/aromatic N) is 3. The first-order valence-electron chi connectivity index (χ1n) is 26.5. The van der Waals surface area contributed by atoms with Crippen LogP contribution in [-0.2, 0) is 5.41 Å². The lowest BCUT2D eigenvalue weighted by Crippen LogP contribution is -2.38. The third-order valence-electron chi connectivity index (χ3n) is 18.0. The maximum Gasteiger partial charge on any atom is 0.0743 e. The number of para-hydroxylation sites is 3. The number of anilines is 9. The fourth-order valence-corrected chi connectivity index (χ4v) is 12.2. The van der Waals surface area contributed by atoms with Crippen LogP contribution in [0.25, 0.3) is 0 Å². The van der Waals surface area contributed by atoms with E-state index in [0.29, 0.717) is 0 Å². The van der Waals surface area contributed by atoms with Gasteiger partial charge in [-0.15, -0.1) is 0 Å². The van der Waals surface area contributed by atoms with E-state index in [-0.39, 0.29) is 0 Å². The highest BCUT2D eigenvalue weighted by Gasteiger charge is 2.47. The van der Waals surface area contributed by atoms with Crippen molar-refractivity contribution in [3.8, 4) is 0 Å². The molecular weight excluding hydrogens is 895 g/mol. The Kier molecular flexibility index (Phi) is 12.8. The molecule has 0 saturated heterocycles. The van der Waals surface area contributed by atoms with Crippen LogP contribution in [0.15, 0.2) is 152 Å². The second kappa shape index (κ2) is 19.0. The second-order valence-corrected chi connectivity index (χ2v) is 21.6. The molecule has 3 heteroatoms. The van der Waals surface area contributed by atoms with Crippen LogP contribution in [0.1, 0.15) is 111 Å². The third kappa shape index (κ3) is 7.78. The molecule has 0 aliphatic carbocycles. The standard InChI is InChI=1S/C71H73N3/c1-42-36-67(54(13)50(9)46(42)5)73(68-37-43(2)47(6)51(10)55(68)14)61-30-24-26-58(40-61)71(63-32-20-22-34-65(63)72(60-28-18-17-19-29-60)66-35-23-21-33-64(66)71)59-27-25-31-62(41-59)74(69-38-44(3)48(7)52(11)56(69)15)70-39-45(4)49(8)53(12)57(70)16/h17-41H,1-16H3. The van der Waals surface area contributed by atoms with Crippen molar-refractivity contribution in [2.24, 2.45) is 0 Å². The van der Waals surface area contributed by atoms with E-state index in [1.54, 1.807) is 0 Å². The topological polar surface area (TPSA) is 9.72 Å². The van der Waals surface area contributed by atoms with Gasteiger partial charge in [-0.05, 0) is 295 Å². The van der Waals surface area contributed by atoms with Crippen molar-refractivity contribution >= 4 is 51.2 Å². The van der Waals surface area contributed by atoms with Crippen LogP contribution in [0.3, 0.4) is 0 Å². The van der Waals surface area contributed by atoms with Crippen LogP contribution in [0.2, 0.25) is 0 Å². The minimum atomic E-state index is -0.785. The monoisotopic (exact) mass is 968 g/mol. The molecule has 0 unspecified atom stereocenters. The number of hydrogen-bond donors (Lipinski definition) is 0. The average molecular weight is 968 g/mol. The summed E-state index contributed by atoms with van der Waals surface area (Å²) in [6, 6.07) is 57.9. The first-order valence-corrected chi connectivity index (χ1v) is 26.5. The summed E-state index contributed by atoms with van der Waals surface area (Å²) in [7, 11) is 0. The van der Waals surface area contributed by atoms with Gasteiger partial charge in [-0.3, -0.25) is 0 Å². The number of fused-ring (bicyclic) bond motifs is 2. The molecule has 0 amide bonds. The van der Waals surface area contributed by atoms with Gasteiger partial charge >= 0.3 is 0 Å². The number of rotatable bonds is 9. The van der Waals surface area contributed by atoms with Crippen LogP contribution in [0.5, 0.6) is 0 Å². The molecule has 0 atom stereocenters. The van der Waals surface area contributed by atoms with Gasteiger partial charge in [0.25, 0.3) is 0 Å². The molecule has 0 aromatic heterocycles. The van der Waals surface area contributed by atoms with Gasteiger partial charge in [0.1, 0.15) is 0 Å². The Morgan fingerprint density at radius 1 is 0.284 bits per heavy atom. The Labute approximate surface area is 442 Å². The Bertz CT molecular complexity index is 3350. The molecule has 1 aliphatic rings. The maximum absolute atomic E-state index is 2.56. The minimum absolute atomic E-state index is 0.785. The molecule has 372 valence electrons. The summed E-state index contributed by atoms with van der Waals surface area (Å²) in [5.74, 6) is 0. The van der Waals surface area contributed by atoms with Gasteiger partial charge in [0.05, 0.1) is 16.8 Å². The zero-order chi connectivity index (χ0) is 52.7. The van der Waals surface area contributed by atoms with E-state index >= 15 is 0 Å². The molecule has 1 aliphatic heterocycles. The highest BCUT2D eigenvalue weighted by atomic mass is 15.2. The van der Waals surface area contributed by atoms with E-state index in [0.717, 1.165) is 28.4 Å². The molecule has 0 radical (unpaired) electrons. The van der Waals surface area contributed by atoms with Crippen LogP contribution in [0.4, 0.5) is 51.2 Å². The Morgan fingerprint density at radius 2 is 0.595 bits per heavy atom. The molecule has 10 rings (SSSR count). The summed E-state index contributed by atoms with van der Waals surface area (Å²) in [5.41, 5.74) is 35.6. The Hall–Kier alpha value is -7.62. The summed E-state index contributed by atoms with van der Waals surface area (Å²) in [6.45, 7) is 36.5. The number of hydrogen-bond acceptors (Lipinski definition) is 3. The number of aryl methyl sites for hydroxylation is 4. The lowest BCUT2D eigenvalue weighted by molar-refractivity contribution is 0.731. The van der Waals surface area contributed by atoms with Gasteiger partial charge in [-0.2, -0.15) is 0 Å². The zero-order valence-corrected chi connectivity index (χ0v) is 46.8. The normalized spacial score (nSPS) is 12.7. The first kappa shape index (κ1) is 49.9. The summed E-state index contributed by atoms with van der Waals surface area (Å²) in [4.78, 5) is 7.59. The van der Waals surface area contributed by atoms with Crippen molar-refractivity contribution in [3.63, 3.8) is 0 Å². The van der Waals surface area contributed by atoms with Crippen molar-refractivity contribution in [1.29, 1.82) is 0 Å². The van der Waals surface area contributed by atoms with E-state index in [4.69, 9.17) is 0 Å². The molecule has 9 aromatic carbocycles. The zero-order valence-electron chi connectivity index (χ0n) is 46.8. The Morgan fingerprint density at radius 3 is 0.932 bits per heavy atom. The fourth-order valence-electron chi connectivity index (χ4n) is 12.2. The predicted octanol–water partition coefficient (Wildman–Crippen LogP) is 19.7. The van der Waals surface area contributed by atoms with Crippen molar-refractivity contribution in [3.05, 3.63) is 263 Å². The van der Waals surface area contributed by atoms with Crippen LogP contribution >= 0.6 is 0 Å². The van der Waals surface area contributed by atoms with E-state index in [1.807, 2.05) is 0 Å². The van der Waals surface area contributed by atoms with Gasteiger partial charge in [0.2, 0.25) is 0 Å². The lowest BCUT2D eigenvalue weighted by atomic mass is 9.62. The highest BCUT2D eigenvalue weighted by Crippen LogP contribution is 2.59. The highest BCUT2D eigenvalue weighted by molar-refractivity contribution is 5.92. The quantitative estimate of drug-likeness (QED) is 0.143. The maximum atomic E-state index is 2.56. The molecule has 1 heterocycles. The van der Waals surface area contributed by atoms with Crippen molar-refractivity contribution in [2.75, 3.05) is 14.7 Å². The van der Waals surface area contributed by atoms with Crippen LogP contribution in [-0.4, -0.2) is 0 Å². The molecule has 9 aromatic rings. The minimum Gasteiger partial charge on any atom is -0.310 e. The van der Waals surface area contributed by atoms with Gasteiger partial charge in [-0.1, -0.05) is 78.9 Å². The van der Waals surface area contributed by atoms with Gasteiger partial charge < -0.3 is 14.7 Å². The SMILES string of the molecule is Cc1cc(N(c2cccc(C3(c4cccc(N(c5cc(C)c(C)c(C)c5C)c5cc(C)c(C)c(C)c5C)c4)c4ccccc4N(c4ccccc4)c4ccccc43)c2)c2cc(C)c(C)c(C)c2C)c(C)c(C)c1C. The van der Waals surface area contributed by atoms with Crippen molar-refractivity contribution in [2.45, 2.75) is 116 Å².